The summed E-state index contributed by atoms with van der Waals surface area (Å²) < 4.78 is 0. The van der Waals surface area contributed by atoms with Crippen molar-refractivity contribution in [2.24, 2.45) is 5.92 Å². The van der Waals surface area contributed by atoms with E-state index in [1.54, 1.807) is 0 Å². The molecule has 0 aromatic rings. The second-order valence-electron chi connectivity index (χ2n) is 5.21. The van der Waals surface area contributed by atoms with E-state index in [0.29, 0.717) is 11.7 Å². The molecule has 1 fully saturated rings. The Kier molecular flexibility index (Phi) is 4.78. The number of likely N-dealkylation sites (N-methyl/N-ethyl adjacent to an activating group) is 1. The largest absolute Gasteiger partial charge is 0.306 e. The van der Waals surface area contributed by atoms with Gasteiger partial charge in [-0.1, -0.05) is 32.6 Å². The normalized spacial score (nSPS) is 19.9. The van der Waals surface area contributed by atoms with Crippen LogP contribution in [0.5, 0.6) is 0 Å². The van der Waals surface area contributed by atoms with E-state index in [1.165, 1.54) is 25.7 Å². The smallest absolute Gasteiger partial charge is 0.155 e. The molecule has 0 bridgehead atoms. The van der Waals surface area contributed by atoms with E-state index in [1.807, 2.05) is 13.8 Å². The van der Waals surface area contributed by atoms with Crippen LogP contribution in [0.25, 0.3) is 0 Å². The third-order valence-electron chi connectivity index (χ3n) is 3.46. The fourth-order valence-corrected chi connectivity index (χ4v) is 2.58. The number of ketones is 1. The summed E-state index contributed by atoms with van der Waals surface area (Å²) in [5.74, 6) is 0.729. The molecule has 0 radical (unpaired) electrons. The molecule has 0 saturated heterocycles. The summed E-state index contributed by atoms with van der Waals surface area (Å²) in [6, 6.07) is 0. The van der Waals surface area contributed by atoms with Crippen molar-refractivity contribution in [1.82, 2.24) is 5.32 Å². The van der Waals surface area contributed by atoms with Gasteiger partial charge in [0, 0.05) is 5.92 Å². The minimum atomic E-state index is -0.330. The van der Waals surface area contributed by atoms with Gasteiger partial charge in [-0.2, -0.15) is 0 Å². The number of rotatable bonds is 4. The molecule has 1 aliphatic carbocycles. The topological polar surface area (TPSA) is 29.1 Å². The van der Waals surface area contributed by atoms with Gasteiger partial charge in [0.05, 0.1) is 5.54 Å². The van der Waals surface area contributed by atoms with Crippen molar-refractivity contribution < 1.29 is 4.79 Å². The Labute approximate surface area is 93.8 Å². The van der Waals surface area contributed by atoms with Crippen molar-refractivity contribution in [1.29, 1.82) is 0 Å². The first-order chi connectivity index (χ1) is 7.08. The molecule has 0 aromatic heterocycles. The van der Waals surface area contributed by atoms with Gasteiger partial charge < -0.3 is 5.32 Å². The maximum absolute atomic E-state index is 12.3. The van der Waals surface area contributed by atoms with Crippen LogP contribution in [-0.2, 0) is 4.79 Å². The van der Waals surface area contributed by atoms with E-state index in [2.05, 4.69) is 12.2 Å². The standard InChI is InChI=1S/C13H25NO/c1-4-14-13(2,3)12(15)11-9-7-5-6-8-10-11/h11,14H,4-10H2,1-3H3. The summed E-state index contributed by atoms with van der Waals surface area (Å²) in [7, 11) is 0. The number of carbonyl (C=O) groups excluding carboxylic acids is 1. The molecule has 0 amide bonds. The molecular weight excluding hydrogens is 186 g/mol. The van der Waals surface area contributed by atoms with Crippen molar-refractivity contribution in [3.63, 3.8) is 0 Å². The Morgan fingerprint density at radius 2 is 1.73 bits per heavy atom. The Balaban J connectivity index is 2.56. The zero-order valence-electron chi connectivity index (χ0n) is 10.4. The van der Waals surface area contributed by atoms with Gasteiger partial charge in [0.15, 0.2) is 5.78 Å². The molecule has 0 aliphatic heterocycles. The monoisotopic (exact) mass is 211 g/mol. The maximum atomic E-state index is 12.3. The highest BCUT2D eigenvalue weighted by atomic mass is 16.1. The third-order valence-corrected chi connectivity index (χ3v) is 3.46. The SMILES string of the molecule is CCNC(C)(C)C(=O)C1CCCCCC1. The first-order valence-electron chi connectivity index (χ1n) is 6.37. The molecular formula is C13H25NO. The predicted molar refractivity (Wildman–Crippen MR) is 64.0 cm³/mol. The van der Waals surface area contributed by atoms with Crippen molar-refractivity contribution in [3.05, 3.63) is 0 Å². The lowest BCUT2D eigenvalue weighted by Gasteiger charge is -2.28. The Morgan fingerprint density at radius 3 is 2.20 bits per heavy atom. The fourth-order valence-electron chi connectivity index (χ4n) is 2.58. The highest BCUT2D eigenvalue weighted by molar-refractivity contribution is 5.89. The summed E-state index contributed by atoms with van der Waals surface area (Å²) in [4.78, 5) is 12.3. The van der Waals surface area contributed by atoms with E-state index in [9.17, 15) is 4.79 Å². The number of Topliss-reactive ketones (excluding diaryl/α,β-unsaturated/α-hetero) is 1. The first-order valence-corrected chi connectivity index (χ1v) is 6.37. The van der Waals surface area contributed by atoms with Crippen LogP contribution in [0.2, 0.25) is 0 Å². The fraction of sp³-hybridized carbons (Fsp3) is 0.923. The molecule has 1 N–H and O–H groups in total. The van der Waals surface area contributed by atoms with Crippen LogP contribution in [0, 0.1) is 5.92 Å². The molecule has 1 aliphatic rings. The molecule has 2 nitrogen and oxygen atoms in total. The van der Waals surface area contributed by atoms with Gasteiger partial charge in [-0.3, -0.25) is 4.79 Å². The minimum absolute atomic E-state index is 0.307. The highest BCUT2D eigenvalue weighted by Gasteiger charge is 2.32. The second-order valence-corrected chi connectivity index (χ2v) is 5.21. The molecule has 0 spiro atoms. The van der Waals surface area contributed by atoms with E-state index in [0.717, 1.165) is 19.4 Å². The van der Waals surface area contributed by atoms with Gasteiger partial charge in [-0.25, -0.2) is 0 Å². The average molecular weight is 211 g/mol. The first kappa shape index (κ1) is 12.7. The minimum Gasteiger partial charge on any atom is -0.306 e. The van der Waals surface area contributed by atoms with E-state index in [4.69, 9.17) is 0 Å². The van der Waals surface area contributed by atoms with Crippen LogP contribution in [0.4, 0.5) is 0 Å². The van der Waals surface area contributed by atoms with Crippen LogP contribution < -0.4 is 5.32 Å². The van der Waals surface area contributed by atoms with Crippen LogP contribution in [-0.4, -0.2) is 17.9 Å². The lowest BCUT2D eigenvalue weighted by Crippen LogP contribution is -2.49. The molecule has 88 valence electrons. The van der Waals surface area contributed by atoms with Gasteiger partial charge in [0.1, 0.15) is 0 Å². The molecule has 0 heterocycles. The lowest BCUT2D eigenvalue weighted by molar-refractivity contribution is -0.128. The van der Waals surface area contributed by atoms with E-state index >= 15 is 0 Å². The molecule has 15 heavy (non-hydrogen) atoms. The van der Waals surface area contributed by atoms with E-state index < -0.39 is 0 Å². The van der Waals surface area contributed by atoms with Gasteiger partial charge in [0.25, 0.3) is 0 Å². The van der Waals surface area contributed by atoms with Gasteiger partial charge in [-0.05, 0) is 33.2 Å². The summed E-state index contributed by atoms with van der Waals surface area (Å²) >= 11 is 0. The molecule has 0 aromatic carbocycles. The molecule has 1 saturated carbocycles. The van der Waals surface area contributed by atoms with Crippen LogP contribution >= 0.6 is 0 Å². The number of carbonyl (C=O) groups is 1. The second kappa shape index (κ2) is 5.64. The molecule has 1 rings (SSSR count). The van der Waals surface area contributed by atoms with Crippen LogP contribution in [0.3, 0.4) is 0 Å². The maximum Gasteiger partial charge on any atom is 0.155 e. The Hall–Kier alpha value is -0.370. The van der Waals surface area contributed by atoms with E-state index in [-0.39, 0.29) is 5.54 Å². The Bertz CT molecular complexity index is 203. The number of nitrogens with one attached hydrogen (secondary N) is 1. The molecule has 2 heteroatoms. The zero-order chi connectivity index (χ0) is 11.3. The van der Waals surface area contributed by atoms with Gasteiger partial charge in [0.2, 0.25) is 0 Å². The van der Waals surface area contributed by atoms with Crippen molar-refractivity contribution >= 4 is 5.78 Å². The summed E-state index contributed by atoms with van der Waals surface area (Å²) in [5.41, 5.74) is -0.330. The number of hydrogen-bond acceptors (Lipinski definition) is 2. The van der Waals surface area contributed by atoms with Gasteiger partial charge >= 0.3 is 0 Å². The van der Waals surface area contributed by atoms with Crippen molar-refractivity contribution in [2.75, 3.05) is 6.54 Å². The summed E-state index contributed by atoms with van der Waals surface area (Å²) in [5, 5.41) is 3.29. The quantitative estimate of drug-likeness (QED) is 0.724. The highest BCUT2D eigenvalue weighted by Crippen LogP contribution is 2.26. The summed E-state index contributed by atoms with van der Waals surface area (Å²) in [6.07, 6.45) is 7.30. The predicted octanol–water partition coefficient (Wildman–Crippen LogP) is 2.91. The third kappa shape index (κ3) is 3.60. The van der Waals surface area contributed by atoms with Crippen LogP contribution in [0.1, 0.15) is 59.3 Å². The molecule has 0 atom stereocenters. The molecule has 0 unspecified atom stereocenters. The number of hydrogen-bond donors (Lipinski definition) is 1. The van der Waals surface area contributed by atoms with Crippen molar-refractivity contribution in [3.8, 4) is 0 Å². The average Bonchev–Trinajstić information content (AvgIpc) is 2.44. The zero-order valence-corrected chi connectivity index (χ0v) is 10.4. The van der Waals surface area contributed by atoms with Crippen molar-refractivity contribution in [2.45, 2.75) is 64.8 Å². The summed E-state index contributed by atoms with van der Waals surface area (Å²) in [6.45, 7) is 6.96. The van der Waals surface area contributed by atoms with Crippen LogP contribution in [0.15, 0.2) is 0 Å². The Morgan fingerprint density at radius 1 is 1.20 bits per heavy atom. The lowest BCUT2D eigenvalue weighted by atomic mass is 9.84. The van der Waals surface area contributed by atoms with Gasteiger partial charge in [-0.15, -0.1) is 0 Å².